The third-order valence-electron chi connectivity index (χ3n) is 2.04. The van der Waals surface area contributed by atoms with Crippen LogP contribution in [0.1, 0.15) is 26.2 Å². The third kappa shape index (κ3) is 2.47. The molecule has 60 valence electrons. The Morgan fingerprint density at radius 1 is 1.50 bits per heavy atom. The summed E-state index contributed by atoms with van der Waals surface area (Å²) >= 11 is 5.83. The monoisotopic (exact) mass is 161 g/mol. The molecule has 1 aliphatic rings. The van der Waals surface area contributed by atoms with E-state index >= 15 is 0 Å². The van der Waals surface area contributed by atoms with Gasteiger partial charge in [-0.15, -0.1) is 11.6 Å². The quantitative estimate of drug-likeness (QED) is 0.492. The highest BCUT2D eigenvalue weighted by molar-refractivity contribution is 6.21. The van der Waals surface area contributed by atoms with Gasteiger partial charge in [-0.25, -0.2) is 0 Å². The molecule has 1 saturated carbocycles. The first-order valence-electron chi connectivity index (χ1n) is 4.17. The van der Waals surface area contributed by atoms with Gasteiger partial charge in [0.1, 0.15) is 0 Å². The molecule has 1 N–H and O–H groups in total. The Morgan fingerprint density at radius 2 is 2.20 bits per heavy atom. The first-order chi connectivity index (χ1) is 4.83. The van der Waals surface area contributed by atoms with Gasteiger partial charge >= 0.3 is 0 Å². The van der Waals surface area contributed by atoms with Crippen LogP contribution in [0, 0.1) is 5.92 Å². The van der Waals surface area contributed by atoms with Gasteiger partial charge in [0.2, 0.25) is 0 Å². The summed E-state index contributed by atoms with van der Waals surface area (Å²) in [5, 5.41) is 3.88. The lowest BCUT2D eigenvalue weighted by Gasteiger charge is -2.30. The summed E-state index contributed by atoms with van der Waals surface area (Å²) in [6.45, 7) is 4.53. The van der Waals surface area contributed by atoms with Crippen LogP contribution in [0.5, 0.6) is 0 Å². The minimum absolute atomic E-state index is 0.480. The molecule has 0 aliphatic heterocycles. The van der Waals surface area contributed by atoms with Crippen molar-refractivity contribution in [2.24, 2.45) is 5.92 Å². The minimum atomic E-state index is 0.480. The molecule has 0 aromatic heterocycles. The van der Waals surface area contributed by atoms with Gasteiger partial charge in [-0.3, -0.25) is 0 Å². The largest absolute Gasteiger partial charge is 0.316 e. The molecule has 0 amide bonds. The van der Waals surface area contributed by atoms with Gasteiger partial charge in [0.25, 0.3) is 0 Å². The van der Waals surface area contributed by atoms with Crippen molar-refractivity contribution in [1.82, 2.24) is 5.32 Å². The maximum Gasteiger partial charge on any atom is 0.0342 e. The van der Waals surface area contributed by atoms with Crippen LogP contribution >= 0.6 is 11.6 Å². The highest BCUT2D eigenvalue weighted by Crippen LogP contribution is 2.30. The van der Waals surface area contributed by atoms with E-state index in [1.807, 2.05) is 0 Å². The molecule has 1 rings (SSSR count). The highest BCUT2D eigenvalue weighted by atomic mass is 35.5. The number of halogens is 1. The number of rotatable bonds is 4. The molecule has 1 nitrogen and oxygen atoms in total. The molecule has 2 heteroatoms. The molecule has 0 heterocycles. The van der Waals surface area contributed by atoms with Crippen molar-refractivity contribution in [3.05, 3.63) is 0 Å². The fourth-order valence-corrected chi connectivity index (χ4v) is 1.81. The average Bonchev–Trinajstić information content (AvgIpc) is 1.85. The Bertz CT molecular complexity index is 89.3. The summed E-state index contributed by atoms with van der Waals surface area (Å²) in [7, 11) is 0. The lowest BCUT2D eigenvalue weighted by Crippen LogP contribution is -2.33. The van der Waals surface area contributed by atoms with Crippen LogP contribution in [-0.2, 0) is 0 Å². The molecule has 0 spiro atoms. The van der Waals surface area contributed by atoms with E-state index in [-0.39, 0.29) is 0 Å². The number of nitrogens with one attached hydrogen (secondary N) is 1. The van der Waals surface area contributed by atoms with Gasteiger partial charge in [0, 0.05) is 5.38 Å². The number of alkyl halides is 1. The normalized spacial score (nSPS) is 31.8. The van der Waals surface area contributed by atoms with Gasteiger partial charge in [-0.1, -0.05) is 6.92 Å². The fraction of sp³-hybridized carbons (Fsp3) is 1.00. The van der Waals surface area contributed by atoms with Crippen LogP contribution < -0.4 is 5.32 Å². The zero-order valence-corrected chi connectivity index (χ0v) is 7.32. The van der Waals surface area contributed by atoms with Gasteiger partial charge in [0.05, 0.1) is 0 Å². The molecule has 1 fully saturated rings. The Morgan fingerprint density at radius 3 is 2.70 bits per heavy atom. The molecular weight excluding hydrogens is 146 g/mol. The van der Waals surface area contributed by atoms with E-state index < -0.39 is 0 Å². The van der Waals surface area contributed by atoms with Gasteiger partial charge < -0.3 is 5.32 Å². The molecule has 0 atom stereocenters. The second-order valence-corrected chi connectivity index (χ2v) is 3.76. The summed E-state index contributed by atoms with van der Waals surface area (Å²) < 4.78 is 0. The molecule has 0 unspecified atom stereocenters. The Hall–Kier alpha value is 0.250. The van der Waals surface area contributed by atoms with E-state index in [9.17, 15) is 0 Å². The molecular formula is C8H16ClN. The van der Waals surface area contributed by atoms with E-state index in [0.717, 1.165) is 12.5 Å². The maximum absolute atomic E-state index is 5.83. The summed E-state index contributed by atoms with van der Waals surface area (Å²) in [6, 6.07) is 0. The Balaban J connectivity index is 1.86. The zero-order valence-electron chi connectivity index (χ0n) is 6.57. The zero-order chi connectivity index (χ0) is 7.40. The van der Waals surface area contributed by atoms with E-state index in [4.69, 9.17) is 11.6 Å². The lowest BCUT2D eigenvalue weighted by atomic mass is 9.85. The molecule has 0 radical (unpaired) electrons. The van der Waals surface area contributed by atoms with Gasteiger partial charge in [0.15, 0.2) is 0 Å². The third-order valence-corrected chi connectivity index (χ3v) is 2.39. The smallest absolute Gasteiger partial charge is 0.0342 e. The first-order valence-corrected chi connectivity index (χ1v) is 4.61. The van der Waals surface area contributed by atoms with Crippen LogP contribution in [0.3, 0.4) is 0 Å². The Kier molecular flexibility index (Phi) is 3.50. The van der Waals surface area contributed by atoms with Crippen molar-refractivity contribution in [2.75, 3.05) is 13.1 Å². The fourth-order valence-electron chi connectivity index (χ4n) is 1.30. The molecule has 0 aromatic carbocycles. The second kappa shape index (κ2) is 4.20. The van der Waals surface area contributed by atoms with Crippen molar-refractivity contribution in [3.63, 3.8) is 0 Å². The second-order valence-electron chi connectivity index (χ2n) is 3.14. The van der Waals surface area contributed by atoms with Crippen molar-refractivity contribution >= 4 is 11.6 Å². The van der Waals surface area contributed by atoms with Crippen molar-refractivity contribution in [3.8, 4) is 0 Å². The summed E-state index contributed by atoms with van der Waals surface area (Å²) in [6.07, 6.45) is 3.67. The predicted octanol–water partition coefficient (Wildman–Crippen LogP) is 2.00. The van der Waals surface area contributed by atoms with E-state index in [0.29, 0.717) is 5.38 Å². The van der Waals surface area contributed by atoms with Crippen LogP contribution in [0.4, 0.5) is 0 Å². The average molecular weight is 162 g/mol. The summed E-state index contributed by atoms with van der Waals surface area (Å²) in [5.41, 5.74) is 0. The van der Waals surface area contributed by atoms with Crippen LogP contribution in [0.25, 0.3) is 0 Å². The van der Waals surface area contributed by atoms with Gasteiger partial charge in [-0.2, -0.15) is 0 Å². The van der Waals surface area contributed by atoms with Crippen LogP contribution in [0.15, 0.2) is 0 Å². The minimum Gasteiger partial charge on any atom is -0.316 e. The summed E-state index contributed by atoms with van der Waals surface area (Å²) in [4.78, 5) is 0. The molecule has 0 aromatic rings. The number of hydrogen-bond acceptors (Lipinski definition) is 1. The van der Waals surface area contributed by atoms with Crippen LogP contribution in [0.2, 0.25) is 0 Å². The molecule has 0 saturated heterocycles. The highest BCUT2D eigenvalue weighted by Gasteiger charge is 2.26. The van der Waals surface area contributed by atoms with Crippen molar-refractivity contribution in [1.29, 1.82) is 0 Å². The lowest BCUT2D eigenvalue weighted by molar-refractivity contribution is 0.309. The van der Waals surface area contributed by atoms with E-state index in [1.54, 1.807) is 0 Å². The first kappa shape index (κ1) is 8.35. The molecule has 1 aliphatic carbocycles. The number of hydrogen-bond donors (Lipinski definition) is 1. The molecule has 0 bridgehead atoms. The molecule has 10 heavy (non-hydrogen) atoms. The van der Waals surface area contributed by atoms with Gasteiger partial charge in [-0.05, 0) is 38.3 Å². The van der Waals surface area contributed by atoms with Crippen molar-refractivity contribution in [2.45, 2.75) is 31.6 Å². The van der Waals surface area contributed by atoms with Crippen LogP contribution in [-0.4, -0.2) is 18.5 Å². The summed E-state index contributed by atoms with van der Waals surface area (Å²) in [5.74, 6) is 0.869. The van der Waals surface area contributed by atoms with E-state index in [2.05, 4.69) is 12.2 Å². The predicted molar refractivity (Wildman–Crippen MR) is 45.5 cm³/mol. The Labute approximate surface area is 68.1 Å². The maximum atomic E-state index is 5.83. The van der Waals surface area contributed by atoms with E-state index in [1.165, 1.54) is 25.8 Å². The van der Waals surface area contributed by atoms with Crippen molar-refractivity contribution < 1.29 is 0 Å². The SMILES string of the molecule is CCCNCC1CC(Cl)C1. The standard InChI is InChI=1S/C8H16ClN/c1-2-3-10-6-7-4-8(9)5-7/h7-8,10H,2-6H2,1H3. The topological polar surface area (TPSA) is 12.0 Å².